The van der Waals surface area contributed by atoms with Gasteiger partial charge in [-0.05, 0) is 50.3 Å². The maximum Gasteiger partial charge on any atom is 0.231 e. The van der Waals surface area contributed by atoms with Crippen molar-refractivity contribution in [3.05, 3.63) is 23.8 Å². The van der Waals surface area contributed by atoms with E-state index in [9.17, 15) is 4.79 Å². The Kier molecular flexibility index (Phi) is 6.97. The van der Waals surface area contributed by atoms with Crippen LogP contribution in [0.4, 0.5) is 0 Å². The fraction of sp³-hybridized carbons (Fsp3) is 0.652. The molecular formula is C23H34N4O3. The van der Waals surface area contributed by atoms with Gasteiger partial charge < -0.3 is 25.0 Å². The van der Waals surface area contributed by atoms with Crippen LogP contribution in [0.1, 0.15) is 51.0 Å². The Morgan fingerprint density at radius 3 is 2.83 bits per heavy atom. The second-order valence-corrected chi connectivity index (χ2v) is 8.45. The molecule has 30 heavy (non-hydrogen) atoms. The minimum absolute atomic E-state index is 0.251. The zero-order valence-electron chi connectivity index (χ0n) is 18.0. The Morgan fingerprint density at radius 2 is 2.00 bits per heavy atom. The first-order chi connectivity index (χ1) is 14.7. The predicted molar refractivity (Wildman–Crippen MR) is 117 cm³/mol. The average molecular weight is 415 g/mol. The highest BCUT2D eigenvalue weighted by Gasteiger charge is 2.31. The molecule has 1 aromatic rings. The van der Waals surface area contributed by atoms with Crippen LogP contribution >= 0.6 is 0 Å². The number of nitrogens with zero attached hydrogens (tertiary/aromatic N) is 2. The molecule has 2 N–H and O–H groups in total. The maximum absolute atomic E-state index is 12.8. The standard InChI is InChI=1S/C23H34N4O3/c1-2-24-23(25-12-10-17-8-9-20-21(14-17)30-16-29-20)26-19-11-13-27(15-19)22(28)18-6-4-3-5-7-18/h8-9,14,18-19H,2-7,10-13,15-16H2,1H3,(H2,24,25,26). The van der Waals surface area contributed by atoms with Crippen molar-refractivity contribution in [2.24, 2.45) is 10.9 Å². The number of hydrogen-bond acceptors (Lipinski definition) is 4. The molecule has 0 bridgehead atoms. The number of amides is 1. The Bertz CT molecular complexity index is 761. The summed E-state index contributed by atoms with van der Waals surface area (Å²) in [6, 6.07) is 6.32. The Labute approximate surface area is 179 Å². The summed E-state index contributed by atoms with van der Waals surface area (Å²) in [5.41, 5.74) is 1.18. The first-order valence-corrected chi connectivity index (χ1v) is 11.4. The van der Waals surface area contributed by atoms with Crippen LogP contribution in [0.5, 0.6) is 11.5 Å². The lowest BCUT2D eigenvalue weighted by Gasteiger charge is -2.26. The number of guanidine groups is 1. The molecule has 0 spiro atoms. The van der Waals surface area contributed by atoms with Gasteiger partial charge in [-0.2, -0.15) is 0 Å². The molecule has 1 amide bonds. The molecule has 164 valence electrons. The summed E-state index contributed by atoms with van der Waals surface area (Å²) in [6.45, 7) is 5.50. The monoisotopic (exact) mass is 414 g/mol. The molecule has 1 atom stereocenters. The van der Waals surface area contributed by atoms with Crippen molar-refractivity contribution in [2.45, 2.75) is 57.9 Å². The maximum atomic E-state index is 12.8. The number of nitrogens with one attached hydrogen (secondary N) is 2. The van der Waals surface area contributed by atoms with Gasteiger partial charge in [0.05, 0.1) is 0 Å². The molecule has 1 unspecified atom stereocenters. The molecule has 2 heterocycles. The Morgan fingerprint density at radius 1 is 1.17 bits per heavy atom. The number of likely N-dealkylation sites (tertiary alicyclic amines) is 1. The first-order valence-electron chi connectivity index (χ1n) is 11.4. The van der Waals surface area contributed by atoms with Crippen molar-refractivity contribution in [3.63, 3.8) is 0 Å². The Balaban J connectivity index is 1.27. The van der Waals surface area contributed by atoms with Crippen molar-refractivity contribution in [2.75, 3.05) is 33.0 Å². The van der Waals surface area contributed by atoms with E-state index >= 15 is 0 Å². The molecular weight excluding hydrogens is 380 g/mol. The summed E-state index contributed by atoms with van der Waals surface area (Å²) in [4.78, 5) is 19.6. The average Bonchev–Trinajstić information content (AvgIpc) is 3.43. The number of hydrogen-bond donors (Lipinski definition) is 2. The molecule has 1 saturated carbocycles. The summed E-state index contributed by atoms with van der Waals surface area (Å²) < 4.78 is 10.8. The highest BCUT2D eigenvalue weighted by Crippen LogP contribution is 2.32. The summed E-state index contributed by atoms with van der Waals surface area (Å²) in [5.74, 6) is 3.07. The van der Waals surface area contributed by atoms with E-state index in [2.05, 4.69) is 28.5 Å². The van der Waals surface area contributed by atoms with Crippen molar-refractivity contribution < 1.29 is 14.3 Å². The van der Waals surface area contributed by atoms with Crippen molar-refractivity contribution in [1.82, 2.24) is 15.5 Å². The van der Waals surface area contributed by atoms with Gasteiger partial charge in [-0.3, -0.25) is 9.79 Å². The number of ether oxygens (including phenoxy) is 2. The highest BCUT2D eigenvalue weighted by atomic mass is 16.7. The van der Waals surface area contributed by atoms with E-state index in [-0.39, 0.29) is 12.0 Å². The van der Waals surface area contributed by atoms with Crippen molar-refractivity contribution >= 4 is 11.9 Å². The predicted octanol–water partition coefficient (Wildman–Crippen LogP) is 2.69. The quantitative estimate of drug-likeness (QED) is 0.553. The third-order valence-electron chi connectivity index (χ3n) is 6.25. The van der Waals surface area contributed by atoms with E-state index in [1.165, 1.54) is 24.8 Å². The highest BCUT2D eigenvalue weighted by molar-refractivity contribution is 5.81. The van der Waals surface area contributed by atoms with Crippen molar-refractivity contribution in [1.29, 1.82) is 0 Å². The minimum atomic E-state index is 0.251. The van der Waals surface area contributed by atoms with Gasteiger partial charge in [-0.15, -0.1) is 0 Å². The summed E-state index contributed by atoms with van der Waals surface area (Å²) in [6.07, 6.45) is 7.63. The molecule has 0 radical (unpaired) electrons. The van der Waals surface area contributed by atoms with Crippen LogP contribution < -0.4 is 20.1 Å². The Hall–Kier alpha value is -2.44. The first kappa shape index (κ1) is 20.8. The molecule has 7 heteroatoms. The van der Waals surface area contributed by atoms with Crippen LogP contribution in [0.15, 0.2) is 23.2 Å². The van der Waals surface area contributed by atoms with E-state index in [4.69, 9.17) is 14.5 Å². The number of rotatable bonds is 6. The molecule has 1 aromatic carbocycles. The molecule has 7 nitrogen and oxygen atoms in total. The second kappa shape index (κ2) is 10.0. The van der Waals surface area contributed by atoms with E-state index < -0.39 is 0 Å². The smallest absolute Gasteiger partial charge is 0.231 e. The van der Waals surface area contributed by atoms with Gasteiger partial charge in [0.25, 0.3) is 0 Å². The van der Waals surface area contributed by atoms with Crippen LogP contribution in [0.3, 0.4) is 0 Å². The summed E-state index contributed by atoms with van der Waals surface area (Å²) >= 11 is 0. The van der Waals surface area contributed by atoms with Crippen LogP contribution in [0.2, 0.25) is 0 Å². The van der Waals surface area contributed by atoms with Gasteiger partial charge in [-0.25, -0.2) is 0 Å². The molecule has 4 rings (SSSR count). The van der Waals surface area contributed by atoms with Crippen LogP contribution in [0, 0.1) is 5.92 Å². The lowest BCUT2D eigenvalue weighted by atomic mass is 9.88. The molecule has 3 aliphatic rings. The zero-order valence-corrected chi connectivity index (χ0v) is 18.0. The van der Waals surface area contributed by atoms with Gasteiger partial charge in [0.15, 0.2) is 17.5 Å². The van der Waals surface area contributed by atoms with E-state index in [1.807, 2.05) is 12.1 Å². The summed E-state index contributed by atoms with van der Waals surface area (Å²) in [7, 11) is 0. The van der Waals surface area contributed by atoms with Crippen molar-refractivity contribution in [3.8, 4) is 11.5 Å². The number of aliphatic imine (C=N–C) groups is 1. The fourth-order valence-electron chi connectivity index (χ4n) is 4.59. The molecule has 1 saturated heterocycles. The van der Waals surface area contributed by atoms with Gasteiger partial charge >= 0.3 is 0 Å². The number of carbonyl (C=O) groups is 1. The third-order valence-corrected chi connectivity index (χ3v) is 6.25. The molecule has 2 fully saturated rings. The van der Waals surface area contributed by atoms with Gasteiger partial charge in [-0.1, -0.05) is 25.3 Å². The normalized spacial score (nSPS) is 21.7. The van der Waals surface area contributed by atoms with Crippen LogP contribution in [-0.2, 0) is 11.2 Å². The zero-order chi connectivity index (χ0) is 20.8. The second-order valence-electron chi connectivity index (χ2n) is 8.45. The van der Waals surface area contributed by atoms with E-state index in [0.717, 1.165) is 62.8 Å². The number of fused-ring (bicyclic) bond motifs is 1. The lowest BCUT2D eigenvalue weighted by Crippen LogP contribution is -2.45. The van der Waals surface area contributed by atoms with Gasteiger partial charge in [0.2, 0.25) is 12.7 Å². The van der Waals surface area contributed by atoms with E-state index in [0.29, 0.717) is 19.2 Å². The largest absolute Gasteiger partial charge is 0.454 e. The van der Waals surface area contributed by atoms with Crippen LogP contribution in [0.25, 0.3) is 0 Å². The molecule has 1 aliphatic carbocycles. The van der Waals surface area contributed by atoms with E-state index in [1.54, 1.807) is 0 Å². The number of carbonyl (C=O) groups excluding carboxylic acids is 1. The number of benzene rings is 1. The van der Waals surface area contributed by atoms with Gasteiger partial charge in [0, 0.05) is 38.1 Å². The third kappa shape index (κ3) is 5.18. The topological polar surface area (TPSA) is 75.2 Å². The fourth-order valence-corrected chi connectivity index (χ4v) is 4.59. The molecule has 0 aromatic heterocycles. The molecule has 2 aliphatic heterocycles. The summed E-state index contributed by atoms with van der Waals surface area (Å²) in [5, 5.41) is 6.87. The van der Waals surface area contributed by atoms with Gasteiger partial charge in [0.1, 0.15) is 0 Å². The van der Waals surface area contributed by atoms with Crippen LogP contribution in [-0.4, -0.2) is 55.8 Å². The minimum Gasteiger partial charge on any atom is -0.454 e. The lowest BCUT2D eigenvalue weighted by molar-refractivity contribution is -0.135. The SMILES string of the molecule is CCNC(=NCCc1ccc2c(c1)OCO2)NC1CCN(C(=O)C2CCCCC2)C1.